The second-order valence-electron chi connectivity index (χ2n) is 4.50. The number of carboxylic acids is 1. The van der Waals surface area contributed by atoms with Gasteiger partial charge < -0.3 is 20.1 Å². The van der Waals surface area contributed by atoms with Gasteiger partial charge in [-0.2, -0.15) is 0 Å². The van der Waals surface area contributed by atoms with Crippen LogP contribution in [0.5, 0.6) is 0 Å². The van der Waals surface area contributed by atoms with Gasteiger partial charge in [-0.05, 0) is 12.8 Å². The highest BCUT2D eigenvalue weighted by atomic mass is 16.5. The molecular formula is C12H22N2O4. The minimum absolute atomic E-state index is 0.0379. The number of hydrogen-bond donors (Lipinski definition) is 2. The Kier molecular flexibility index (Phi) is 5.91. The number of carbonyl (C=O) groups excluding carboxylic acids is 1. The van der Waals surface area contributed by atoms with E-state index in [4.69, 9.17) is 9.84 Å². The number of hydrogen-bond acceptors (Lipinski definition) is 3. The molecule has 1 saturated heterocycles. The van der Waals surface area contributed by atoms with Crippen molar-refractivity contribution < 1.29 is 19.4 Å². The number of morpholine rings is 1. The molecule has 2 N–H and O–H groups in total. The Bertz CT molecular complexity index is 296. The van der Waals surface area contributed by atoms with Gasteiger partial charge in [-0.25, -0.2) is 4.79 Å². The number of nitrogens with one attached hydrogen (secondary N) is 1. The van der Waals surface area contributed by atoms with Crippen LogP contribution in [0.25, 0.3) is 0 Å². The summed E-state index contributed by atoms with van der Waals surface area (Å²) >= 11 is 0. The number of carbonyl (C=O) groups is 2. The van der Waals surface area contributed by atoms with Crippen LogP contribution in [0.4, 0.5) is 4.79 Å². The van der Waals surface area contributed by atoms with Gasteiger partial charge in [0.1, 0.15) is 0 Å². The molecule has 0 radical (unpaired) electrons. The summed E-state index contributed by atoms with van der Waals surface area (Å²) in [6.07, 6.45) is 1.53. The van der Waals surface area contributed by atoms with Crippen molar-refractivity contribution in [1.29, 1.82) is 0 Å². The van der Waals surface area contributed by atoms with Crippen LogP contribution >= 0.6 is 0 Å². The van der Waals surface area contributed by atoms with E-state index in [2.05, 4.69) is 5.32 Å². The zero-order valence-corrected chi connectivity index (χ0v) is 11.0. The first-order chi connectivity index (χ1) is 8.56. The highest BCUT2D eigenvalue weighted by molar-refractivity contribution is 5.76. The monoisotopic (exact) mass is 258 g/mol. The van der Waals surface area contributed by atoms with Gasteiger partial charge in [0.15, 0.2) is 0 Å². The molecule has 0 saturated carbocycles. The average molecular weight is 258 g/mol. The molecule has 6 heteroatoms. The summed E-state index contributed by atoms with van der Waals surface area (Å²) in [5.41, 5.74) is 0. The van der Waals surface area contributed by atoms with Crippen molar-refractivity contribution in [1.82, 2.24) is 10.2 Å². The third kappa shape index (κ3) is 4.52. The fraction of sp³-hybridized carbons (Fsp3) is 0.833. The van der Waals surface area contributed by atoms with Crippen LogP contribution in [0.15, 0.2) is 0 Å². The topological polar surface area (TPSA) is 78.9 Å². The molecule has 0 aromatic carbocycles. The van der Waals surface area contributed by atoms with E-state index in [0.717, 1.165) is 6.42 Å². The van der Waals surface area contributed by atoms with E-state index in [0.29, 0.717) is 26.1 Å². The first kappa shape index (κ1) is 14.8. The fourth-order valence-corrected chi connectivity index (χ4v) is 1.92. The highest BCUT2D eigenvalue weighted by Gasteiger charge is 2.24. The summed E-state index contributed by atoms with van der Waals surface area (Å²) < 4.78 is 5.49. The zero-order chi connectivity index (χ0) is 13.5. The number of urea groups is 1. The van der Waals surface area contributed by atoms with Gasteiger partial charge in [0.05, 0.1) is 19.1 Å². The maximum absolute atomic E-state index is 12.0. The summed E-state index contributed by atoms with van der Waals surface area (Å²) in [6, 6.07) is -0.497. The SMILES string of the molecule is CCC(CC(=O)O)NC(=O)N1CCOC(CC)C1. The predicted octanol–water partition coefficient (Wildman–Crippen LogP) is 1.06. The molecule has 104 valence electrons. The van der Waals surface area contributed by atoms with E-state index >= 15 is 0 Å². The summed E-state index contributed by atoms with van der Waals surface area (Å²) in [5.74, 6) is -0.893. The van der Waals surface area contributed by atoms with Gasteiger partial charge in [-0.3, -0.25) is 4.79 Å². The molecule has 2 atom stereocenters. The Balaban J connectivity index is 2.45. The second-order valence-corrected chi connectivity index (χ2v) is 4.50. The van der Waals surface area contributed by atoms with Crippen molar-refractivity contribution in [3.8, 4) is 0 Å². The van der Waals surface area contributed by atoms with E-state index in [-0.39, 0.29) is 24.6 Å². The Morgan fingerprint density at radius 3 is 2.78 bits per heavy atom. The lowest BCUT2D eigenvalue weighted by atomic mass is 10.1. The van der Waals surface area contributed by atoms with Gasteiger partial charge in [-0.15, -0.1) is 0 Å². The van der Waals surface area contributed by atoms with E-state index in [1.54, 1.807) is 4.90 Å². The largest absolute Gasteiger partial charge is 0.481 e. The number of nitrogens with zero attached hydrogens (tertiary/aromatic N) is 1. The van der Waals surface area contributed by atoms with Crippen molar-refractivity contribution in [2.24, 2.45) is 0 Å². The van der Waals surface area contributed by atoms with Gasteiger partial charge in [0.2, 0.25) is 0 Å². The van der Waals surface area contributed by atoms with Crippen molar-refractivity contribution in [2.45, 2.75) is 45.3 Å². The van der Waals surface area contributed by atoms with Crippen molar-refractivity contribution in [3.05, 3.63) is 0 Å². The number of aliphatic carboxylic acids is 1. The molecule has 2 amide bonds. The Morgan fingerprint density at radius 2 is 2.22 bits per heavy atom. The third-order valence-corrected chi connectivity index (χ3v) is 3.12. The fourth-order valence-electron chi connectivity index (χ4n) is 1.92. The molecule has 1 aliphatic rings. The summed E-state index contributed by atoms with van der Waals surface area (Å²) in [7, 11) is 0. The van der Waals surface area contributed by atoms with Gasteiger partial charge in [0, 0.05) is 19.1 Å². The van der Waals surface area contributed by atoms with Gasteiger partial charge >= 0.3 is 12.0 Å². The lowest BCUT2D eigenvalue weighted by molar-refractivity contribution is -0.137. The average Bonchev–Trinajstić information content (AvgIpc) is 2.37. The van der Waals surface area contributed by atoms with Gasteiger partial charge in [0.25, 0.3) is 0 Å². The van der Waals surface area contributed by atoms with E-state index in [9.17, 15) is 9.59 Å². The van der Waals surface area contributed by atoms with E-state index in [1.807, 2.05) is 13.8 Å². The Hall–Kier alpha value is -1.30. The molecule has 2 unspecified atom stereocenters. The van der Waals surface area contributed by atoms with Crippen molar-refractivity contribution >= 4 is 12.0 Å². The number of ether oxygens (including phenoxy) is 1. The van der Waals surface area contributed by atoms with Crippen LogP contribution in [0.3, 0.4) is 0 Å². The van der Waals surface area contributed by atoms with Crippen molar-refractivity contribution in [2.75, 3.05) is 19.7 Å². The van der Waals surface area contributed by atoms with Crippen LogP contribution in [0.1, 0.15) is 33.1 Å². The molecular weight excluding hydrogens is 236 g/mol. The first-order valence-electron chi connectivity index (χ1n) is 6.45. The summed E-state index contributed by atoms with van der Waals surface area (Å²) in [6.45, 7) is 5.56. The van der Waals surface area contributed by atoms with Crippen LogP contribution in [0, 0.1) is 0 Å². The normalized spacial score (nSPS) is 21.4. The molecule has 0 spiro atoms. The number of amides is 2. The van der Waals surface area contributed by atoms with Crippen LogP contribution in [-0.4, -0.2) is 53.8 Å². The zero-order valence-electron chi connectivity index (χ0n) is 11.0. The molecule has 1 aliphatic heterocycles. The standard InChI is InChI=1S/C12H22N2O4/c1-3-9(7-11(15)16)13-12(17)14-5-6-18-10(4-2)8-14/h9-10H,3-8H2,1-2H3,(H,13,17)(H,15,16). The van der Waals surface area contributed by atoms with E-state index < -0.39 is 5.97 Å². The second kappa shape index (κ2) is 7.20. The van der Waals surface area contributed by atoms with Gasteiger partial charge in [-0.1, -0.05) is 13.8 Å². The maximum Gasteiger partial charge on any atom is 0.317 e. The van der Waals surface area contributed by atoms with E-state index in [1.165, 1.54) is 0 Å². The molecule has 6 nitrogen and oxygen atoms in total. The first-order valence-corrected chi connectivity index (χ1v) is 6.45. The Morgan fingerprint density at radius 1 is 1.50 bits per heavy atom. The molecule has 18 heavy (non-hydrogen) atoms. The lowest BCUT2D eigenvalue weighted by Crippen LogP contribution is -2.51. The summed E-state index contributed by atoms with van der Waals surface area (Å²) in [5, 5.41) is 11.5. The van der Waals surface area contributed by atoms with Crippen LogP contribution < -0.4 is 5.32 Å². The highest BCUT2D eigenvalue weighted by Crippen LogP contribution is 2.09. The lowest BCUT2D eigenvalue weighted by Gasteiger charge is -2.33. The van der Waals surface area contributed by atoms with Crippen LogP contribution in [-0.2, 0) is 9.53 Å². The Labute approximate surface area is 107 Å². The molecule has 0 aromatic heterocycles. The molecule has 0 aromatic rings. The minimum atomic E-state index is -0.893. The molecule has 1 rings (SSSR count). The van der Waals surface area contributed by atoms with Crippen LogP contribution in [0.2, 0.25) is 0 Å². The summed E-state index contributed by atoms with van der Waals surface area (Å²) in [4.78, 5) is 24.3. The molecule has 0 bridgehead atoms. The maximum atomic E-state index is 12.0. The number of carboxylic acid groups (broad SMARTS) is 1. The molecule has 1 fully saturated rings. The quantitative estimate of drug-likeness (QED) is 0.773. The molecule has 1 heterocycles. The van der Waals surface area contributed by atoms with Crippen molar-refractivity contribution in [3.63, 3.8) is 0 Å². The predicted molar refractivity (Wildman–Crippen MR) is 66.5 cm³/mol. The number of rotatable bonds is 5. The third-order valence-electron chi connectivity index (χ3n) is 3.12. The smallest absolute Gasteiger partial charge is 0.317 e. The molecule has 0 aliphatic carbocycles. The minimum Gasteiger partial charge on any atom is -0.481 e.